The molecule has 0 N–H and O–H groups in total. The van der Waals surface area contributed by atoms with E-state index >= 15 is 0 Å². The Balaban J connectivity index is 2.24. The van der Waals surface area contributed by atoms with E-state index < -0.39 is 23.1 Å². The lowest BCUT2D eigenvalue weighted by Crippen LogP contribution is -2.26. The van der Waals surface area contributed by atoms with Gasteiger partial charge in [0.2, 0.25) is 11.2 Å². The molecule has 0 unspecified atom stereocenters. The van der Waals surface area contributed by atoms with Gasteiger partial charge in [-0.3, -0.25) is 9.15 Å². The Bertz CT molecular complexity index is 991. The number of carbonyl (C=O) groups excluding carboxylic acids is 2. The molecule has 3 aromatic rings. The van der Waals surface area contributed by atoms with Gasteiger partial charge >= 0.3 is 11.9 Å². The second-order valence-electron chi connectivity index (χ2n) is 8.15. The van der Waals surface area contributed by atoms with Gasteiger partial charge in [-0.15, -0.1) is 0 Å². The van der Waals surface area contributed by atoms with E-state index in [0.717, 1.165) is 0 Å². The standard InChI is InChI=1S/C20H22O6/c1-19(2,3)23-17(21)12-9-7-8-11-10-13-16(26-25-13)15(14(11)12)18(22)24-20(4,5)6/h7-10H,1-6H3. The van der Waals surface area contributed by atoms with Crippen molar-refractivity contribution in [2.45, 2.75) is 52.7 Å². The van der Waals surface area contributed by atoms with E-state index in [9.17, 15) is 9.59 Å². The average Bonchev–Trinajstić information content (AvgIpc) is 2.44. The van der Waals surface area contributed by atoms with Crippen LogP contribution in [-0.2, 0) is 9.47 Å². The zero-order chi connectivity index (χ0) is 19.3. The van der Waals surface area contributed by atoms with Crippen LogP contribution in [-0.4, -0.2) is 23.1 Å². The van der Waals surface area contributed by atoms with Crippen LogP contribution in [0.15, 0.2) is 33.4 Å². The van der Waals surface area contributed by atoms with Crippen LogP contribution in [0.3, 0.4) is 0 Å². The molecule has 2 aromatic carbocycles. The number of carbonyl (C=O) groups is 2. The quantitative estimate of drug-likeness (QED) is 0.469. The van der Waals surface area contributed by atoms with Crippen molar-refractivity contribution in [2.24, 2.45) is 0 Å². The van der Waals surface area contributed by atoms with Crippen molar-refractivity contribution in [3.05, 3.63) is 35.4 Å². The SMILES string of the molecule is CC(C)(C)OC(=O)c1cccc2cc3ooc3c(C(=O)OC(C)(C)C)c12. The number of rotatable bonds is 2. The first-order valence-electron chi connectivity index (χ1n) is 8.37. The van der Waals surface area contributed by atoms with Crippen LogP contribution in [0.2, 0.25) is 0 Å². The minimum atomic E-state index is -0.697. The fourth-order valence-electron chi connectivity index (χ4n) is 2.64. The van der Waals surface area contributed by atoms with Crippen molar-refractivity contribution in [1.29, 1.82) is 0 Å². The van der Waals surface area contributed by atoms with Crippen LogP contribution < -0.4 is 0 Å². The first-order chi connectivity index (χ1) is 12.0. The topological polar surface area (TPSA) is 78.9 Å². The molecule has 6 nitrogen and oxygen atoms in total. The monoisotopic (exact) mass is 358 g/mol. The molecule has 1 heterocycles. The first-order valence-corrected chi connectivity index (χ1v) is 8.37. The molecule has 0 saturated heterocycles. The molecule has 0 saturated carbocycles. The predicted molar refractivity (Wildman–Crippen MR) is 96.3 cm³/mol. The van der Waals surface area contributed by atoms with Crippen LogP contribution in [0.5, 0.6) is 0 Å². The number of fused-ring (bicyclic) bond motifs is 2. The van der Waals surface area contributed by atoms with Gasteiger partial charge in [-0.1, -0.05) is 12.1 Å². The number of ether oxygens (including phenoxy) is 2. The smallest absolute Gasteiger partial charge is 0.343 e. The zero-order valence-electron chi connectivity index (χ0n) is 15.8. The zero-order valence-corrected chi connectivity index (χ0v) is 15.8. The van der Waals surface area contributed by atoms with E-state index in [-0.39, 0.29) is 16.7 Å². The molecule has 1 aromatic heterocycles. The van der Waals surface area contributed by atoms with E-state index in [1.807, 2.05) is 0 Å². The fourth-order valence-corrected chi connectivity index (χ4v) is 2.64. The van der Waals surface area contributed by atoms with Crippen LogP contribution >= 0.6 is 0 Å². The number of hydrogen-bond acceptors (Lipinski definition) is 6. The number of hydrogen-bond donors (Lipinski definition) is 0. The van der Waals surface area contributed by atoms with Gasteiger partial charge in [0.05, 0.1) is 5.56 Å². The summed E-state index contributed by atoms with van der Waals surface area (Å²) in [5, 5.41) is 1.09. The Hall–Kier alpha value is -2.76. The summed E-state index contributed by atoms with van der Waals surface area (Å²) < 4.78 is 21.0. The molecule has 0 amide bonds. The van der Waals surface area contributed by atoms with Gasteiger partial charge in [-0.25, -0.2) is 9.59 Å². The molecule has 6 heteroatoms. The summed E-state index contributed by atoms with van der Waals surface area (Å²) >= 11 is 0. The minimum absolute atomic E-state index is 0.167. The van der Waals surface area contributed by atoms with Crippen molar-refractivity contribution < 1.29 is 28.2 Å². The minimum Gasteiger partial charge on any atom is -0.456 e. The van der Waals surface area contributed by atoms with Gasteiger partial charge in [0.1, 0.15) is 16.8 Å². The Morgan fingerprint density at radius 3 is 2.04 bits per heavy atom. The summed E-state index contributed by atoms with van der Waals surface area (Å²) in [5.74, 6) is -1.10. The van der Waals surface area contributed by atoms with Crippen LogP contribution in [0.25, 0.3) is 21.9 Å². The summed E-state index contributed by atoms with van der Waals surface area (Å²) in [4.78, 5) is 25.5. The summed E-state index contributed by atoms with van der Waals surface area (Å²) in [6, 6.07) is 6.86. The molecule has 0 spiro atoms. The highest BCUT2D eigenvalue weighted by atomic mass is 17.0. The Morgan fingerprint density at radius 2 is 1.50 bits per heavy atom. The van der Waals surface area contributed by atoms with Gasteiger partial charge in [-0.2, -0.15) is 0 Å². The van der Waals surface area contributed by atoms with Crippen molar-refractivity contribution in [3.8, 4) is 0 Å². The highest BCUT2D eigenvalue weighted by molar-refractivity contribution is 6.19. The van der Waals surface area contributed by atoms with Gasteiger partial charge in [0, 0.05) is 5.39 Å². The maximum Gasteiger partial charge on any atom is 0.343 e. The normalized spacial score (nSPS) is 12.5. The lowest BCUT2D eigenvalue weighted by molar-refractivity contribution is 0.00578. The molecule has 0 aliphatic heterocycles. The average molecular weight is 358 g/mol. The van der Waals surface area contributed by atoms with Crippen molar-refractivity contribution in [1.82, 2.24) is 0 Å². The molecule has 0 atom stereocenters. The lowest BCUT2D eigenvalue weighted by atomic mass is 9.97. The lowest BCUT2D eigenvalue weighted by Gasteiger charge is -2.22. The van der Waals surface area contributed by atoms with Gasteiger partial charge in [0.25, 0.3) is 0 Å². The summed E-state index contributed by atoms with van der Waals surface area (Å²) in [5.41, 5.74) is -0.221. The molecule has 26 heavy (non-hydrogen) atoms. The number of benzene rings is 2. The van der Waals surface area contributed by atoms with E-state index in [0.29, 0.717) is 16.4 Å². The molecular weight excluding hydrogens is 336 g/mol. The van der Waals surface area contributed by atoms with E-state index in [4.69, 9.17) is 18.6 Å². The summed E-state index contributed by atoms with van der Waals surface area (Å²) in [7, 11) is 0. The van der Waals surface area contributed by atoms with Crippen LogP contribution in [0.1, 0.15) is 62.3 Å². The summed E-state index contributed by atoms with van der Waals surface area (Å²) in [6.07, 6.45) is 0. The predicted octanol–water partition coefficient (Wildman–Crippen LogP) is 5.09. The van der Waals surface area contributed by atoms with Gasteiger partial charge in [-0.05, 0) is 59.1 Å². The van der Waals surface area contributed by atoms with Crippen LogP contribution in [0.4, 0.5) is 0 Å². The highest BCUT2D eigenvalue weighted by Crippen LogP contribution is 2.35. The molecule has 138 valence electrons. The van der Waals surface area contributed by atoms with Gasteiger partial charge in [0.15, 0.2) is 0 Å². The van der Waals surface area contributed by atoms with Crippen molar-refractivity contribution in [2.75, 3.05) is 0 Å². The molecule has 0 fully saturated rings. The third kappa shape index (κ3) is 3.45. The van der Waals surface area contributed by atoms with Gasteiger partial charge < -0.3 is 9.47 Å². The van der Waals surface area contributed by atoms with Crippen LogP contribution in [0, 0.1) is 0 Å². The molecule has 0 aliphatic carbocycles. The largest absolute Gasteiger partial charge is 0.456 e. The second-order valence-corrected chi connectivity index (χ2v) is 8.15. The molecule has 0 aliphatic rings. The first kappa shape index (κ1) is 18.0. The highest BCUT2D eigenvalue weighted by Gasteiger charge is 2.30. The molecule has 0 radical (unpaired) electrons. The molecular formula is C20H22O6. The molecule has 0 bridgehead atoms. The fraction of sp³-hybridized carbons (Fsp3) is 0.400. The maximum absolute atomic E-state index is 12.8. The Kier molecular flexibility index (Phi) is 4.09. The Morgan fingerprint density at radius 1 is 0.885 bits per heavy atom. The summed E-state index contributed by atoms with van der Waals surface area (Å²) in [6.45, 7) is 10.7. The molecule has 3 rings (SSSR count). The maximum atomic E-state index is 12.8. The van der Waals surface area contributed by atoms with Crippen molar-refractivity contribution in [3.63, 3.8) is 0 Å². The number of esters is 2. The third-order valence-corrected chi connectivity index (χ3v) is 3.52. The van der Waals surface area contributed by atoms with E-state index in [1.54, 1.807) is 65.8 Å². The third-order valence-electron chi connectivity index (χ3n) is 3.52. The van der Waals surface area contributed by atoms with Crippen molar-refractivity contribution >= 4 is 33.9 Å². The van der Waals surface area contributed by atoms with E-state index in [1.165, 1.54) is 0 Å². The Labute approximate surface area is 151 Å². The second kappa shape index (κ2) is 5.90. The van der Waals surface area contributed by atoms with E-state index in [2.05, 4.69) is 0 Å².